The molecule has 1 aliphatic rings. The summed E-state index contributed by atoms with van der Waals surface area (Å²) in [7, 11) is 0. The van der Waals surface area contributed by atoms with E-state index in [-0.39, 0.29) is 0 Å². The first-order valence-corrected chi connectivity index (χ1v) is 9.45. The number of hydrogen-bond donors (Lipinski definition) is 1. The van der Waals surface area contributed by atoms with Crippen LogP contribution in [-0.4, -0.2) is 13.1 Å². The number of aryl methyl sites for hydroxylation is 2. The Morgan fingerprint density at radius 1 is 0.760 bits per heavy atom. The van der Waals surface area contributed by atoms with Gasteiger partial charge in [0.05, 0.1) is 0 Å². The van der Waals surface area contributed by atoms with E-state index in [2.05, 4.69) is 29.6 Å². The minimum atomic E-state index is -0.483. The van der Waals surface area contributed by atoms with Crippen LogP contribution in [0.2, 0.25) is 0 Å². The van der Waals surface area contributed by atoms with Gasteiger partial charge in [-0.2, -0.15) is 0 Å². The molecule has 0 aliphatic carbocycles. The van der Waals surface area contributed by atoms with Crippen LogP contribution < -0.4 is 5.32 Å². The van der Waals surface area contributed by atoms with Crippen molar-refractivity contribution in [3.8, 4) is 0 Å². The van der Waals surface area contributed by atoms with Crippen LogP contribution in [0.4, 0.5) is 8.78 Å². The Bertz CT molecular complexity index is 640. The van der Waals surface area contributed by atoms with Crippen LogP contribution in [0.25, 0.3) is 0 Å². The lowest BCUT2D eigenvalue weighted by Gasteiger charge is -2.23. The van der Waals surface area contributed by atoms with Crippen molar-refractivity contribution in [1.82, 2.24) is 5.32 Å². The lowest BCUT2D eigenvalue weighted by molar-refractivity contribution is 0.460. The number of unbranched alkanes of at least 4 members (excludes halogenated alkanes) is 2. The molecular formula is C22H27F2N. The number of rotatable bonds is 7. The number of nitrogens with one attached hydrogen (secondary N) is 1. The van der Waals surface area contributed by atoms with Crippen LogP contribution >= 0.6 is 0 Å². The molecule has 25 heavy (non-hydrogen) atoms. The molecule has 0 unspecified atom stereocenters. The van der Waals surface area contributed by atoms with Crippen LogP contribution in [-0.2, 0) is 12.8 Å². The van der Waals surface area contributed by atoms with Gasteiger partial charge >= 0.3 is 0 Å². The van der Waals surface area contributed by atoms with Crippen molar-refractivity contribution >= 4 is 0 Å². The van der Waals surface area contributed by atoms with Crippen molar-refractivity contribution in [2.24, 2.45) is 0 Å². The quantitative estimate of drug-likeness (QED) is 0.665. The van der Waals surface area contributed by atoms with E-state index in [9.17, 15) is 8.78 Å². The molecule has 1 heterocycles. The first-order valence-electron chi connectivity index (χ1n) is 9.45. The SMILES string of the molecule is Fc1cc(F)cc(CCCCCc2ccc(C3CCNCC3)cc2)c1. The van der Waals surface area contributed by atoms with Gasteiger partial charge in [-0.25, -0.2) is 8.78 Å². The minimum Gasteiger partial charge on any atom is -0.317 e. The zero-order valence-corrected chi connectivity index (χ0v) is 14.7. The summed E-state index contributed by atoms with van der Waals surface area (Å²) in [5.41, 5.74) is 3.61. The fourth-order valence-electron chi connectivity index (χ4n) is 3.70. The van der Waals surface area contributed by atoms with Crippen LogP contribution in [0.1, 0.15) is 54.7 Å². The summed E-state index contributed by atoms with van der Waals surface area (Å²) in [6, 6.07) is 12.9. The van der Waals surface area contributed by atoms with Crippen molar-refractivity contribution in [2.45, 2.75) is 50.9 Å². The van der Waals surface area contributed by atoms with Crippen molar-refractivity contribution in [3.05, 3.63) is 70.8 Å². The molecule has 134 valence electrons. The maximum Gasteiger partial charge on any atom is 0.126 e. The molecular weight excluding hydrogens is 316 g/mol. The molecule has 1 saturated heterocycles. The van der Waals surface area contributed by atoms with Gasteiger partial charge in [0.15, 0.2) is 0 Å². The Labute approximate surface area is 149 Å². The molecule has 3 heteroatoms. The predicted octanol–water partition coefficient (Wildman–Crippen LogP) is 5.39. The Hall–Kier alpha value is -1.74. The highest BCUT2D eigenvalue weighted by molar-refractivity contribution is 5.26. The first kappa shape index (κ1) is 18.1. The normalized spacial score (nSPS) is 15.4. The molecule has 0 saturated carbocycles. The van der Waals surface area contributed by atoms with E-state index in [0.717, 1.165) is 56.8 Å². The largest absolute Gasteiger partial charge is 0.317 e. The number of piperidine rings is 1. The Morgan fingerprint density at radius 2 is 1.36 bits per heavy atom. The fraction of sp³-hybridized carbons (Fsp3) is 0.455. The highest BCUT2D eigenvalue weighted by Crippen LogP contribution is 2.25. The van der Waals surface area contributed by atoms with E-state index in [1.165, 1.54) is 36.1 Å². The lowest BCUT2D eigenvalue weighted by atomic mass is 9.89. The van der Waals surface area contributed by atoms with Gasteiger partial charge in [0.2, 0.25) is 0 Å². The molecule has 1 N–H and O–H groups in total. The van der Waals surface area contributed by atoms with Gasteiger partial charge in [0.1, 0.15) is 11.6 Å². The van der Waals surface area contributed by atoms with Gasteiger partial charge < -0.3 is 5.32 Å². The second-order valence-electron chi connectivity index (χ2n) is 7.10. The molecule has 3 rings (SSSR count). The van der Waals surface area contributed by atoms with Gasteiger partial charge in [-0.15, -0.1) is 0 Å². The molecule has 0 radical (unpaired) electrons. The fourth-order valence-corrected chi connectivity index (χ4v) is 3.70. The van der Waals surface area contributed by atoms with Gasteiger partial charge in [-0.05, 0) is 86.4 Å². The average Bonchev–Trinajstić information content (AvgIpc) is 2.62. The Balaban J connectivity index is 1.38. The van der Waals surface area contributed by atoms with E-state index >= 15 is 0 Å². The Morgan fingerprint density at radius 3 is 2.00 bits per heavy atom. The highest BCUT2D eigenvalue weighted by Gasteiger charge is 2.14. The third kappa shape index (κ3) is 5.64. The zero-order valence-electron chi connectivity index (χ0n) is 14.7. The average molecular weight is 343 g/mol. The third-order valence-electron chi connectivity index (χ3n) is 5.14. The summed E-state index contributed by atoms with van der Waals surface area (Å²) in [5, 5.41) is 3.41. The maximum absolute atomic E-state index is 13.1. The molecule has 1 nitrogen and oxygen atoms in total. The second kappa shape index (κ2) is 9.10. The predicted molar refractivity (Wildman–Crippen MR) is 98.9 cm³/mol. The van der Waals surface area contributed by atoms with Crippen LogP contribution in [0.5, 0.6) is 0 Å². The second-order valence-corrected chi connectivity index (χ2v) is 7.10. The summed E-state index contributed by atoms with van der Waals surface area (Å²) in [6.07, 6.45) is 7.45. The lowest BCUT2D eigenvalue weighted by Crippen LogP contribution is -2.26. The molecule has 2 aromatic carbocycles. The third-order valence-corrected chi connectivity index (χ3v) is 5.14. The summed E-state index contributed by atoms with van der Waals surface area (Å²) in [6.45, 7) is 2.25. The molecule has 0 amide bonds. The molecule has 0 atom stereocenters. The van der Waals surface area contributed by atoms with E-state index < -0.39 is 11.6 Å². The van der Waals surface area contributed by atoms with Crippen molar-refractivity contribution < 1.29 is 8.78 Å². The number of benzene rings is 2. The van der Waals surface area contributed by atoms with Gasteiger partial charge in [0.25, 0.3) is 0 Å². The summed E-state index contributed by atoms with van der Waals surface area (Å²) in [4.78, 5) is 0. The van der Waals surface area contributed by atoms with Gasteiger partial charge in [-0.1, -0.05) is 30.7 Å². The summed E-state index contributed by atoms with van der Waals surface area (Å²) < 4.78 is 26.3. The van der Waals surface area contributed by atoms with Gasteiger partial charge in [-0.3, -0.25) is 0 Å². The maximum atomic E-state index is 13.1. The van der Waals surface area contributed by atoms with Crippen molar-refractivity contribution in [3.63, 3.8) is 0 Å². The van der Waals surface area contributed by atoms with E-state index in [1.807, 2.05) is 0 Å². The molecule has 0 bridgehead atoms. The number of halogens is 2. The minimum absolute atomic E-state index is 0.483. The topological polar surface area (TPSA) is 12.0 Å². The monoisotopic (exact) mass is 343 g/mol. The smallest absolute Gasteiger partial charge is 0.126 e. The van der Waals surface area contributed by atoms with Crippen LogP contribution in [0.15, 0.2) is 42.5 Å². The standard InChI is InChI=1S/C22H27F2N/c23-21-14-18(15-22(24)16-21)5-3-1-2-4-17-6-8-19(9-7-17)20-10-12-25-13-11-20/h6-9,14-16,20,25H,1-5,10-13H2. The molecule has 0 aromatic heterocycles. The Kier molecular flexibility index (Phi) is 6.57. The van der Waals surface area contributed by atoms with E-state index in [4.69, 9.17) is 0 Å². The molecule has 2 aromatic rings. The summed E-state index contributed by atoms with van der Waals surface area (Å²) in [5.74, 6) is -0.255. The van der Waals surface area contributed by atoms with Crippen LogP contribution in [0.3, 0.4) is 0 Å². The molecule has 1 aliphatic heterocycles. The summed E-state index contributed by atoms with van der Waals surface area (Å²) >= 11 is 0. The molecule has 0 spiro atoms. The van der Waals surface area contributed by atoms with Gasteiger partial charge in [0, 0.05) is 6.07 Å². The van der Waals surface area contributed by atoms with Crippen molar-refractivity contribution in [2.75, 3.05) is 13.1 Å². The van der Waals surface area contributed by atoms with Crippen molar-refractivity contribution in [1.29, 1.82) is 0 Å². The molecule has 1 fully saturated rings. The zero-order chi connectivity index (χ0) is 17.5. The number of hydrogen-bond acceptors (Lipinski definition) is 1. The van der Waals surface area contributed by atoms with Crippen LogP contribution in [0, 0.1) is 11.6 Å². The highest BCUT2D eigenvalue weighted by atomic mass is 19.1. The van der Waals surface area contributed by atoms with E-state index in [0.29, 0.717) is 5.92 Å². The van der Waals surface area contributed by atoms with E-state index in [1.54, 1.807) is 0 Å². The first-order chi connectivity index (χ1) is 12.2.